The number of piperidine rings is 1. The number of ether oxygens (including phenoxy) is 1. The molecule has 0 aliphatic carbocycles. The van der Waals surface area contributed by atoms with Crippen LogP contribution in [0.25, 0.3) is 0 Å². The Hall–Kier alpha value is -0.850. The Morgan fingerprint density at radius 1 is 1.35 bits per heavy atom. The van der Waals surface area contributed by atoms with Gasteiger partial charge in [0, 0.05) is 26.2 Å². The van der Waals surface area contributed by atoms with Crippen molar-refractivity contribution in [2.45, 2.75) is 51.7 Å². The Labute approximate surface area is 125 Å². The minimum Gasteiger partial charge on any atom is -0.480 e. The van der Waals surface area contributed by atoms with E-state index in [2.05, 4.69) is 29.3 Å². The van der Waals surface area contributed by atoms with E-state index in [0.717, 1.165) is 22.4 Å². The van der Waals surface area contributed by atoms with E-state index in [1.165, 1.54) is 19.3 Å². The molecule has 1 aliphatic rings. The predicted molar refractivity (Wildman–Crippen MR) is 84.4 cm³/mol. The highest BCUT2D eigenvalue weighted by Crippen LogP contribution is 2.30. The van der Waals surface area contributed by atoms with E-state index in [0.29, 0.717) is 12.1 Å². The molecular formula is C14H26N4OS. The van der Waals surface area contributed by atoms with E-state index in [-0.39, 0.29) is 0 Å². The fourth-order valence-corrected chi connectivity index (χ4v) is 3.57. The van der Waals surface area contributed by atoms with Gasteiger partial charge in [0.05, 0.1) is 18.5 Å². The van der Waals surface area contributed by atoms with Gasteiger partial charge in [-0.1, -0.05) is 17.8 Å². The summed E-state index contributed by atoms with van der Waals surface area (Å²) in [6.07, 6.45) is 3.86. The van der Waals surface area contributed by atoms with Gasteiger partial charge in [0.15, 0.2) is 5.13 Å². The molecule has 0 saturated carbocycles. The summed E-state index contributed by atoms with van der Waals surface area (Å²) < 4.78 is 5.38. The first-order valence-corrected chi connectivity index (χ1v) is 8.07. The van der Waals surface area contributed by atoms with Crippen molar-refractivity contribution in [3.63, 3.8) is 0 Å². The predicted octanol–water partition coefficient (Wildman–Crippen LogP) is 2.49. The molecule has 1 N–H and O–H groups in total. The van der Waals surface area contributed by atoms with Crippen LogP contribution in [0.3, 0.4) is 0 Å². The summed E-state index contributed by atoms with van der Waals surface area (Å²) in [5.41, 5.74) is 3.57. The summed E-state index contributed by atoms with van der Waals surface area (Å²) in [6, 6.07) is 1.18. The second kappa shape index (κ2) is 6.74. The van der Waals surface area contributed by atoms with Crippen molar-refractivity contribution in [3.05, 3.63) is 4.88 Å². The summed E-state index contributed by atoms with van der Waals surface area (Å²) in [6.45, 7) is 5.36. The van der Waals surface area contributed by atoms with E-state index in [1.807, 2.05) is 19.0 Å². The number of thiazole rings is 1. The molecule has 0 bridgehead atoms. The van der Waals surface area contributed by atoms with Crippen molar-refractivity contribution in [2.75, 3.05) is 26.1 Å². The molecule has 2 heterocycles. The zero-order valence-electron chi connectivity index (χ0n) is 13.1. The minimum absolute atomic E-state index is 0.589. The van der Waals surface area contributed by atoms with Crippen LogP contribution < -0.4 is 15.1 Å². The van der Waals surface area contributed by atoms with Crippen LogP contribution in [-0.2, 0) is 6.54 Å². The Balaban J connectivity index is 2.02. The highest BCUT2D eigenvalue weighted by Gasteiger charge is 2.25. The number of hydrogen-bond acceptors (Lipinski definition) is 6. The topological polar surface area (TPSA) is 40.6 Å². The summed E-state index contributed by atoms with van der Waals surface area (Å²) in [5.74, 6) is 0.739. The quantitative estimate of drug-likeness (QED) is 0.904. The molecule has 2 rings (SSSR count). The molecule has 2 unspecified atom stereocenters. The van der Waals surface area contributed by atoms with Gasteiger partial charge in [0.2, 0.25) is 5.88 Å². The second-order valence-corrected chi connectivity index (χ2v) is 6.76. The standard InChI is InChI=1S/C14H26N4OS/c1-10-7-6-8-11(2)18(10)15-9-12-13(19-5)16-14(20-12)17(3)4/h10-11,15H,6-9H2,1-5H3. The van der Waals surface area contributed by atoms with Crippen molar-refractivity contribution in [3.8, 4) is 5.88 Å². The van der Waals surface area contributed by atoms with Gasteiger partial charge in [-0.3, -0.25) is 0 Å². The zero-order chi connectivity index (χ0) is 14.7. The third-order valence-corrected chi connectivity index (χ3v) is 5.05. The summed E-state index contributed by atoms with van der Waals surface area (Å²) in [5, 5.41) is 3.37. The number of methoxy groups -OCH3 is 1. The average molecular weight is 298 g/mol. The first kappa shape index (κ1) is 15.5. The Morgan fingerprint density at radius 2 is 2.00 bits per heavy atom. The molecule has 5 nitrogen and oxygen atoms in total. The van der Waals surface area contributed by atoms with E-state index < -0.39 is 0 Å². The van der Waals surface area contributed by atoms with Crippen LogP contribution in [0.1, 0.15) is 38.0 Å². The number of nitrogens with zero attached hydrogens (tertiary/aromatic N) is 3. The number of anilines is 1. The van der Waals surface area contributed by atoms with Gasteiger partial charge < -0.3 is 9.64 Å². The first-order chi connectivity index (χ1) is 9.52. The van der Waals surface area contributed by atoms with Crippen molar-refractivity contribution in [1.82, 2.24) is 15.4 Å². The molecule has 20 heavy (non-hydrogen) atoms. The van der Waals surface area contributed by atoms with Gasteiger partial charge in [-0.25, -0.2) is 10.4 Å². The molecule has 1 aliphatic heterocycles. The minimum atomic E-state index is 0.589. The van der Waals surface area contributed by atoms with Gasteiger partial charge in [0.25, 0.3) is 0 Å². The molecule has 2 atom stereocenters. The largest absolute Gasteiger partial charge is 0.480 e. The average Bonchev–Trinajstić information content (AvgIpc) is 2.81. The Kier molecular flexibility index (Phi) is 5.23. The molecule has 1 fully saturated rings. The van der Waals surface area contributed by atoms with Gasteiger partial charge >= 0.3 is 0 Å². The third-order valence-electron chi connectivity index (χ3n) is 3.84. The van der Waals surface area contributed by atoms with Crippen molar-refractivity contribution in [1.29, 1.82) is 0 Å². The maximum absolute atomic E-state index is 5.38. The lowest BCUT2D eigenvalue weighted by Crippen LogP contribution is -2.51. The molecule has 0 amide bonds. The van der Waals surface area contributed by atoms with Gasteiger partial charge in [-0.15, -0.1) is 0 Å². The van der Waals surface area contributed by atoms with Crippen molar-refractivity contribution in [2.24, 2.45) is 0 Å². The number of nitrogens with one attached hydrogen (secondary N) is 1. The van der Waals surface area contributed by atoms with Crippen LogP contribution in [0, 0.1) is 0 Å². The van der Waals surface area contributed by atoms with Crippen LogP contribution >= 0.6 is 11.3 Å². The summed E-state index contributed by atoms with van der Waals surface area (Å²) in [7, 11) is 5.69. The Morgan fingerprint density at radius 3 is 2.55 bits per heavy atom. The van der Waals surface area contributed by atoms with Gasteiger partial charge in [0.1, 0.15) is 0 Å². The normalized spacial score (nSPS) is 23.9. The van der Waals surface area contributed by atoms with Crippen LogP contribution in [0.4, 0.5) is 5.13 Å². The van der Waals surface area contributed by atoms with Gasteiger partial charge in [-0.05, 0) is 26.7 Å². The molecule has 0 aromatic carbocycles. The monoisotopic (exact) mass is 298 g/mol. The molecule has 0 spiro atoms. The molecule has 1 saturated heterocycles. The van der Waals surface area contributed by atoms with E-state index >= 15 is 0 Å². The fourth-order valence-electron chi connectivity index (χ4n) is 2.68. The highest BCUT2D eigenvalue weighted by molar-refractivity contribution is 7.15. The van der Waals surface area contributed by atoms with E-state index in [9.17, 15) is 0 Å². The lowest BCUT2D eigenvalue weighted by Gasteiger charge is -2.39. The number of rotatable bonds is 5. The maximum Gasteiger partial charge on any atom is 0.230 e. The van der Waals surface area contributed by atoms with Crippen LogP contribution in [0.5, 0.6) is 5.88 Å². The molecule has 114 valence electrons. The number of hydrogen-bond donors (Lipinski definition) is 1. The number of aromatic nitrogens is 1. The zero-order valence-corrected chi connectivity index (χ0v) is 14.0. The van der Waals surface area contributed by atoms with Crippen LogP contribution in [0.15, 0.2) is 0 Å². The lowest BCUT2D eigenvalue weighted by atomic mass is 10.00. The van der Waals surface area contributed by atoms with Crippen LogP contribution in [0.2, 0.25) is 0 Å². The number of hydrazine groups is 1. The lowest BCUT2D eigenvalue weighted by molar-refractivity contribution is 0.0436. The summed E-state index contributed by atoms with van der Waals surface area (Å²) in [4.78, 5) is 7.66. The van der Waals surface area contributed by atoms with Crippen molar-refractivity contribution >= 4 is 16.5 Å². The highest BCUT2D eigenvalue weighted by atomic mass is 32.1. The molecular weight excluding hydrogens is 272 g/mol. The fraction of sp³-hybridized carbons (Fsp3) is 0.786. The molecule has 1 aromatic rings. The molecule has 1 aromatic heterocycles. The van der Waals surface area contributed by atoms with Crippen LogP contribution in [-0.4, -0.2) is 43.3 Å². The molecule has 6 heteroatoms. The first-order valence-electron chi connectivity index (χ1n) is 7.25. The van der Waals surface area contributed by atoms with Gasteiger partial charge in [-0.2, -0.15) is 4.98 Å². The maximum atomic E-state index is 5.38. The Bertz CT molecular complexity index is 425. The smallest absolute Gasteiger partial charge is 0.230 e. The third kappa shape index (κ3) is 3.42. The van der Waals surface area contributed by atoms with Crippen molar-refractivity contribution < 1.29 is 4.74 Å². The SMILES string of the molecule is COc1nc(N(C)C)sc1CNN1C(C)CCCC1C. The van der Waals surface area contributed by atoms with E-state index in [1.54, 1.807) is 18.4 Å². The van der Waals surface area contributed by atoms with E-state index in [4.69, 9.17) is 4.74 Å². The molecule has 0 radical (unpaired) electrons. The summed E-state index contributed by atoms with van der Waals surface area (Å²) >= 11 is 1.68. The second-order valence-electron chi connectivity index (χ2n) is 5.69.